The molecule has 2 heterocycles. The highest BCUT2D eigenvalue weighted by Gasteiger charge is 2.23. The lowest BCUT2D eigenvalue weighted by molar-refractivity contribution is 0.0691. The third-order valence-electron chi connectivity index (χ3n) is 3.93. The summed E-state index contributed by atoms with van der Waals surface area (Å²) in [5.74, 6) is -0.318. The van der Waals surface area contributed by atoms with E-state index < -0.39 is 5.97 Å². The van der Waals surface area contributed by atoms with Crippen molar-refractivity contribution >= 4 is 23.3 Å². The lowest BCUT2D eigenvalue weighted by Gasteiger charge is -2.32. The van der Waals surface area contributed by atoms with Gasteiger partial charge in [0.1, 0.15) is 5.01 Å². The van der Waals surface area contributed by atoms with E-state index in [1.54, 1.807) is 0 Å². The smallest absolute Gasteiger partial charge is 0.355 e. The van der Waals surface area contributed by atoms with E-state index in [0.717, 1.165) is 31.8 Å². The largest absolute Gasteiger partial charge is 0.476 e. The highest BCUT2D eigenvalue weighted by molar-refractivity contribution is 7.09. The molecule has 1 aliphatic heterocycles. The molecule has 0 aliphatic carbocycles. The van der Waals surface area contributed by atoms with E-state index in [1.165, 1.54) is 23.1 Å². The fraction of sp³-hybridized carbons (Fsp3) is 0.643. The summed E-state index contributed by atoms with van der Waals surface area (Å²) in [4.78, 5) is 28.9. The molecule has 0 spiro atoms. The van der Waals surface area contributed by atoms with Crippen LogP contribution in [0.4, 0.5) is 4.79 Å². The first-order chi connectivity index (χ1) is 10.0. The van der Waals surface area contributed by atoms with Gasteiger partial charge in [-0.15, -0.1) is 11.3 Å². The third kappa shape index (κ3) is 3.93. The normalized spacial score (nSPS) is 17.5. The molecule has 6 nitrogen and oxygen atoms in total. The number of hydrogen-bond donors (Lipinski definition) is 2. The molecular formula is C14H21N3O3S. The molecule has 1 atom stereocenters. The molecule has 2 amide bonds. The van der Waals surface area contributed by atoms with Crippen molar-refractivity contribution in [1.82, 2.24) is 15.2 Å². The van der Waals surface area contributed by atoms with Crippen LogP contribution in [0.25, 0.3) is 0 Å². The zero-order valence-corrected chi connectivity index (χ0v) is 13.2. The first-order valence-corrected chi connectivity index (χ1v) is 8.13. The number of carbonyl (C=O) groups is 2. The highest BCUT2D eigenvalue weighted by Crippen LogP contribution is 2.21. The molecule has 2 N–H and O–H groups in total. The minimum Gasteiger partial charge on any atom is -0.476 e. The lowest BCUT2D eigenvalue weighted by Crippen LogP contribution is -2.45. The van der Waals surface area contributed by atoms with Gasteiger partial charge < -0.3 is 15.3 Å². The van der Waals surface area contributed by atoms with E-state index in [0.29, 0.717) is 5.01 Å². The number of aromatic nitrogens is 1. The number of rotatable bonds is 4. The van der Waals surface area contributed by atoms with Crippen molar-refractivity contribution in [2.75, 3.05) is 13.1 Å². The fourth-order valence-corrected chi connectivity index (χ4v) is 3.27. The zero-order chi connectivity index (χ0) is 15.4. The number of piperidine rings is 1. The van der Waals surface area contributed by atoms with Gasteiger partial charge in [-0.3, -0.25) is 0 Å². The van der Waals surface area contributed by atoms with Crippen LogP contribution >= 0.6 is 11.3 Å². The molecule has 116 valence electrons. The molecule has 7 heteroatoms. The van der Waals surface area contributed by atoms with Crippen LogP contribution in [0.15, 0.2) is 5.38 Å². The average molecular weight is 311 g/mol. The number of amides is 2. The van der Waals surface area contributed by atoms with Crippen molar-refractivity contribution in [1.29, 1.82) is 0 Å². The maximum atomic E-state index is 12.2. The summed E-state index contributed by atoms with van der Waals surface area (Å²) >= 11 is 1.25. The van der Waals surface area contributed by atoms with E-state index in [9.17, 15) is 9.59 Å². The van der Waals surface area contributed by atoms with E-state index in [-0.39, 0.29) is 17.8 Å². The van der Waals surface area contributed by atoms with Gasteiger partial charge in [0.2, 0.25) is 0 Å². The van der Waals surface area contributed by atoms with Crippen LogP contribution in [0.3, 0.4) is 0 Å². The second-order valence-electron chi connectivity index (χ2n) is 5.39. The van der Waals surface area contributed by atoms with E-state index in [2.05, 4.69) is 17.2 Å². The summed E-state index contributed by atoms with van der Waals surface area (Å²) in [6, 6.07) is -0.372. The second-order valence-corrected chi connectivity index (χ2v) is 6.28. The number of nitrogens with zero attached hydrogens (tertiary/aromatic N) is 2. The van der Waals surface area contributed by atoms with Crippen molar-refractivity contribution in [3.8, 4) is 0 Å². The lowest BCUT2D eigenvalue weighted by atomic mass is 9.95. The molecule has 2 rings (SSSR count). The summed E-state index contributed by atoms with van der Waals surface area (Å²) in [6.45, 7) is 5.58. The molecule has 0 saturated carbocycles. The van der Waals surface area contributed by atoms with Crippen molar-refractivity contribution < 1.29 is 14.7 Å². The predicted octanol–water partition coefficient (Wildman–Crippen LogP) is 2.73. The molecule has 0 aromatic carbocycles. The number of likely N-dealkylation sites (tertiary alicyclic amines) is 1. The number of urea groups is 1. The molecule has 1 aromatic rings. The SMILES string of the molecule is CCC1CCN(C(=O)NC(C)c2nc(C(=O)O)cs2)CC1. The average Bonchev–Trinajstić information content (AvgIpc) is 2.97. The number of carbonyl (C=O) groups excluding carboxylic acids is 1. The Bertz CT molecular complexity index is 509. The Morgan fingerprint density at radius 1 is 1.52 bits per heavy atom. The molecule has 1 aromatic heterocycles. The van der Waals surface area contributed by atoms with Gasteiger partial charge >= 0.3 is 12.0 Å². The van der Waals surface area contributed by atoms with E-state index in [4.69, 9.17) is 5.11 Å². The van der Waals surface area contributed by atoms with Crippen LogP contribution in [0, 0.1) is 5.92 Å². The number of carboxylic acid groups (broad SMARTS) is 1. The summed E-state index contributed by atoms with van der Waals surface area (Å²) in [7, 11) is 0. The standard InChI is InChI=1S/C14H21N3O3S/c1-3-10-4-6-17(7-5-10)14(20)15-9(2)12-16-11(8-21-12)13(18)19/h8-10H,3-7H2,1-2H3,(H,15,20)(H,18,19). The topological polar surface area (TPSA) is 82.5 Å². The molecule has 1 aliphatic rings. The van der Waals surface area contributed by atoms with E-state index >= 15 is 0 Å². The van der Waals surface area contributed by atoms with Gasteiger partial charge in [-0.25, -0.2) is 14.6 Å². The van der Waals surface area contributed by atoms with Crippen LogP contribution in [-0.4, -0.2) is 40.1 Å². The van der Waals surface area contributed by atoms with Crippen molar-refractivity contribution in [3.05, 3.63) is 16.1 Å². The summed E-state index contributed by atoms with van der Waals surface area (Å²) < 4.78 is 0. The quantitative estimate of drug-likeness (QED) is 0.895. The Kier molecular flexibility index (Phi) is 5.17. The van der Waals surface area contributed by atoms with Crippen LogP contribution in [-0.2, 0) is 0 Å². The molecule has 0 bridgehead atoms. The van der Waals surface area contributed by atoms with Crippen LogP contribution < -0.4 is 5.32 Å². The molecule has 1 saturated heterocycles. The highest BCUT2D eigenvalue weighted by atomic mass is 32.1. The Hall–Kier alpha value is -1.63. The number of hydrogen-bond acceptors (Lipinski definition) is 4. The van der Waals surface area contributed by atoms with Gasteiger partial charge in [-0.1, -0.05) is 13.3 Å². The first-order valence-electron chi connectivity index (χ1n) is 7.25. The number of nitrogens with one attached hydrogen (secondary N) is 1. The molecule has 0 radical (unpaired) electrons. The van der Waals surface area contributed by atoms with Gasteiger partial charge in [-0.2, -0.15) is 0 Å². The van der Waals surface area contributed by atoms with Gasteiger partial charge in [0, 0.05) is 18.5 Å². The number of aromatic carboxylic acids is 1. The Morgan fingerprint density at radius 3 is 2.71 bits per heavy atom. The van der Waals surface area contributed by atoms with Crippen molar-refractivity contribution in [3.63, 3.8) is 0 Å². The Labute approximate surface area is 128 Å². The van der Waals surface area contributed by atoms with Crippen LogP contribution in [0.1, 0.15) is 54.6 Å². The minimum atomic E-state index is -1.04. The monoisotopic (exact) mass is 311 g/mol. The van der Waals surface area contributed by atoms with Crippen molar-refractivity contribution in [2.45, 2.75) is 39.2 Å². The van der Waals surface area contributed by atoms with Gasteiger partial charge in [0.05, 0.1) is 6.04 Å². The summed E-state index contributed by atoms with van der Waals surface area (Å²) in [6.07, 6.45) is 3.28. The Balaban J connectivity index is 1.88. The second kappa shape index (κ2) is 6.89. The van der Waals surface area contributed by atoms with Gasteiger partial charge in [0.25, 0.3) is 0 Å². The number of thiazole rings is 1. The first kappa shape index (κ1) is 15.8. The molecule has 1 unspecified atom stereocenters. The van der Waals surface area contributed by atoms with Crippen molar-refractivity contribution in [2.24, 2.45) is 5.92 Å². The van der Waals surface area contributed by atoms with Gasteiger partial charge in [-0.05, 0) is 25.7 Å². The van der Waals surface area contributed by atoms with Crippen LogP contribution in [0.2, 0.25) is 0 Å². The molecule has 21 heavy (non-hydrogen) atoms. The number of carboxylic acids is 1. The van der Waals surface area contributed by atoms with E-state index in [1.807, 2.05) is 11.8 Å². The predicted molar refractivity (Wildman–Crippen MR) is 80.6 cm³/mol. The maximum absolute atomic E-state index is 12.2. The van der Waals surface area contributed by atoms with Crippen LogP contribution in [0.5, 0.6) is 0 Å². The Morgan fingerprint density at radius 2 is 2.19 bits per heavy atom. The summed E-state index contributed by atoms with van der Waals surface area (Å²) in [5.41, 5.74) is 0.0276. The minimum absolute atomic E-state index is 0.0276. The third-order valence-corrected chi connectivity index (χ3v) is 4.96. The fourth-order valence-electron chi connectivity index (χ4n) is 2.47. The zero-order valence-electron chi connectivity index (χ0n) is 12.3. The molecular weight excluding hydrogens is 290 g/mol. The summed E-state index contributed by atoms with van der Waals surface area (Å²) in [5, 5.41) is 13.9. The maximum Gasteiger partial charge on any atom is 0.355 e. The molecule has 1 fully saturated rings. The van der Waals surface area contributed by atoms with Gasteiger partial charge in [0.15, 0.2) is 5.69 Å².